The van der Waals surface area contributed by atoms with Crippen molar-refractivity contribution in [3.8, 4) is 5.75 Å². The van der Waals surface area contributed by atoms with E-state index < -0.39 is 0 Å². The molecule has 1 heterocycles. The Bertz CT molecular complexity index is 415. The average Bonchev–Trinajstić information content (AvgIpc) is 2.44. The maximum absolute atomic E-state index is 5.45. The first-order valence-corrected chi connectivity index (χ1v) is 4.42. The molecule has 0 aliphatic heterocycles. The molecule has 0 saturated heterocycles. The predicted molar refractivity (Wildman–Crippen MR) is 52.1 cm³/mol. The highest BCUT2D eigenvalue weighted by molar-refractivity contribution is 5.79. The molecule has 0 aliphatic carbocycles. The Balaban J connectivity index is 2.48. The van der Waals surface area contributed by atoms with Crippen molar-refractivity contribution in [3.63, 3.8) is 0 Å². The van der Waals surface area contributed by atoms with Crippen LogP contribution in [0.3, 0.4) is 0 Å². The van der Waals surface area contributed by atoms with Gasteiger partial charge in [0.2, 0.25) is 0 Å². The standard InChI is InChI=1S/C11H12O2/c1-3-12-10-4-5-11-9(7-10)6-8(2)13-11/h4-7H,3H2,1-2H3. The minimum Gasteiger partial charge on any atom is -0.494 e. The zero-order valence-corrected chi connectivity index (χ0v) is 7.83. The van der Waals surface area contributed by atoms with Crippen LogP contribution in [0.2, 0.25) is 0 Å². The van der Waals surface area contributed by atoms with E-state index in [1.807, 2.05) is 38.1 Å². The van der Waals surface area contributed by atoms with Crippen molar-refractivity contribution < 1.29 is 9.15 Å². The van der Waals surface area contributed by atoms with Crippen LogP contribution >= 0.6 is 0 Å². The molecule has 2 aromatic rings. The third-order valence-electron chi connectivity index (χ3n) is 1.92. The van der Waals surface area contributed by atoms with Crippen molar-refractivity contribution in [2.45, 2.75) is 13.8 Å². The maximum atomic E-state index is 5.45. The zero-order valence-electron chi connectivity index (χ0n) is 7.83. The van der Waals surface area contributed by atoms with Gasteiger partial charge in [-0.05, 0) is 38.1 Å². The van der Waals surface area contributed by atoms with Gasteiger partial charge >= 0.3 is 0 Å². The summed E-state index contributed by atoms with van der Waals surface area (Å²) < 4.78 is 10.8. The summed E-state index contributed by atoms with van der Waals surface area (Å²) in [5, 5.41) is 1.10. The lowest BCUT2D eigenvalue weighted by atomic mass is 10.2. The molecule has 68 valence electrons. The molecular formula is C11H12O2. The largest absolute Gasteiger partial charge is 0.494 e. The summed E-state index contributed by atoms with van der Waals surface area (Å²) in [6, 6.07) is 7.87. The lowest BCUT2D eigenvalue weighted by molar-refractivity contribution is 0.340. The van der Waals surface area contributed by atoms with Gasteiger partial charge in [0.1, 0.15) is 17.1 Å². The molecular weight excluding hydrogens is 164 g/mol. The van der Waals surface area contributed by atoms with Gasteiger partial charge in [-0.1, -0.05) is 0 Å². The average molecular weight is 176 g/mol. The Morgan fingerprint density at radius 2 is 2.15 bits per heavy atom. The van der Waals surface area contributed by atoms with Crippen LogP contribution < -0.4 is 4.74 Å². The van der Waals surface area contributed by atoms with Crippen LogP contribution in [-0.2, 0) is 0 Å². The van der Waals surface area contributed by atoms with E-state index in [9.17, 15) is 0 Å². The van der Waals surface area contributed by atoms with Crippen molar-refractivity contribution in [1.82, 2.24) is 0 Å². The SMILES string of the molecule is CCOc1ccc2oc(C)cc2c1. The molecule has 0 N–H and O–H groups in total. The number of benzene rings is 1. The second-order valence-corrected chi connectivity index (χ2v) is 2.99. The molecule has 0 unspecified atom stereocenters. The van der Waals surface area contributed by atoms with Gasteiger partial charge in [-0.25, -0.2) is 0 Å². The number of ether oxygens (including phenoxy) is 1. The minimum absolute atomic E-state index is 0.697. The van der Waals surface area contributed by atoms with Gasteiger partial charge in [0.25, 0.3) is 0 Å². The van der Waals surface area contributed by atoms with E-state index in [-0.39, 0.29) is 0 Å². The number of hydrogen-bond acceptors (Lipinski definition) is 2. The molecule has 2 rings (SSSR count). The third kappa shape index (κ3) is 1.52. The topological polar surface area (TPSA) is 22.4 Å². The number of aryl methyl sites for hydroxylation is 1. The van der Waals surface area contributed by atoms with Crippen LogP contribution in [0, 0.1) is 6.92 Å². The van der Waals surface area contributed by atoms with Crippen molar-refractivity contribution in [2.75, 3.05) is 6.61 Å². The molecule has 0 spiro atoms. The van der Waals surface area contributed by atoms with E-state index in [2.05, 4.69) is 0 Å². The van der Waals surface area contributed by atoms with Gasteiger partial charge in [-0.15, -0.1) is 0 Å². The summed E-state index contributed by atoms with van der Waals surface area (Å²) in [5.41, 5.74) is 0.918. The smallest absolute Gasteiger partial charge is 0.134 e. The summed E-state index contributed by atoms with van der Waals surface area (Å²) >= 11 is 0. The molecule has 0 aliphatic rings. The van der Waals surface area contributed by atoms with Crippen LogP contribution in [0.5, 0.6) is 5.75 Å². The van der Waals surface area contributed by atoms with E-state index in [1.54, 1.807) is 0 Å². The number of furan rings is 1. The quantitative estimate of drug-likeness (QED) is 0.701. The fraction of sp³-hybridized carbons (Fsp3) is 0.273. The van der Waals surface area contributed by atoms with Gasteiger partial charge in [0.15, 0.2) is 0 Å². The maximum Gasteiger partial charge on any atom is 0.134 e. The Morgan fingerprint density at radius 1 is 1.31 bits per heavy atom. The normalized spacial score (nSPS) is 10.6. The van der Waals surface area contributed by atoms with Crippen LogP contribution in [-0.4, -0.2) is 6.61 Å². The molecule has 2 heteroatoms. The van der Waals surface area contributed by atoms with E-state index >= 15 is 0 Å². The summed E-state index contributed by atoms with van der Waals surface area (Å²) in [4.78, 5) is 0. The highest BCUT2D eigenvalue weighted by Gasteiger charge is 2.01. The molecule has 0 radical (unpaired) electrons. The molecule has 0 fully saturated rings. The molecule has 0 saturated carbocycles. The molecule has 0 amide bonds. The van der Waals surface area contributed by atoms with E-state index in [0.717, 1.165) is 22.5 Å². The first kappa shape index (κ1) is 8.17. The highest BCUT2D eigenvalue weighted by atomic mass is 16.5. The second kappa shape index (κ2) is 3.13. The molecule has 13 heavy (non-hydrogen) atoms. The van der Waals surface area contributed by atoms with Crippen LogP contribution in [0.1, 0.15) is 12.7 Å². The van der Waals surface area contributed by atoms with Gasteiger partial charge in [-0.2, -0.15) is 0 Å². The lowest BCUT2D eigenvalue weighted by Crippen LogP contribution is -1.89. The Labute approximate surface area is 77.1 Å². The van der Waals surface area contributed by atoms with Gasteiger partial charge in [0, 0.05) is 5.39 Å². The first-order chi connectivity index (χ1) is 6.29. The molecule has 1 aromatic carbocycles. The summed E-state index contributed by atoms with van der Waals surface area (Å²) in [6.07, 6.45) is 0. The summed E-state index contributed by atoms with van der Waals surface area (Å²) in [6.45, 7) is 4.62. The summed E-state index contributed by atoms with van der Waals surface area (Å²) in [5.74, 6) is 1.83. The Morgan fingerprint density at radius 3 is 2.92 bits per heavy atom. The highest BCUT2D eigenvalue weighted by Crippen LogP contribution is 2.23. The summed E-state index contributed by atoms with van der Waals surface area (Å²) in [7, 11) is 0. The van der Waals surface area contributed by atoms with Crippen LogP contribution in [0.25, 0.3) is 11.0 Å². The first-order valence-electron chi connectivity index (χ1n) is 4.42. The van der Waals surface area contributed by atoms with Crippen LogP contribution in [0.15, 0.2) is 28.7 Å². The van der Waals surface area contributed by atoms with Gasteiger partial charge < -0.3 is 9.15 Å². The molecule has 1 aromatic heterocycles. The van der Waals surface area contributed by atoms with Gasteiger partial charge in [-0.3, -0.25) is 0 Å². The Kier molecular flexibility index (Phi) is 1.97. The predicted octanol–water partition coefficient (Wildman–Crippen LogP) is 3.14. The molecule has 0 bridgehead atoms. The van der Waals surface area contributed by atoms with Crippen LogP contribution in [0.4, 0.5) is 0 Å². The van der Waals surface area contributed by atoms with E-state index in [0.29, 0.717) is 6.61 Å². The number of hydrogen-bond donors (Lipinski definition) is 0. The Hall–Kier alpha value is -1.44. The van der Waals surface area contributed by atoms with Gasteiger partial charge in [0.05, 0.1) is 6.61 Å². The third-order valence-corrected chi connectivity index (χ3v) is 1.92. The van der Waals surface area contributed by atoms with Crippen molar-refractivity contribution in [2.24, 2.45) is 0 Å². The zero-order chi connectivity index (χ0) is 9.26. The molecule has 2 nitrogen and oxygen atoms in total. The van der Waals surface area contributed by atoms with E-state index in [1.165, 1.54) is 0 Å². The van der Waals surface area contributed by atoms with E-state index in [4.69, 9.17) is 9.15 Å². The van der Waals surface area contributed by atoms with Crippen molar-refractivity contribution >= 4 is 11.0 Å². The minimum atomic E-state index is 0.697. The fourth-order valence-corrected chi connectivity index (χ4v) is 1.41. The van der Waals surface area contributed by atoms with Crippen molar-refractivity contribution in [1.29, 1.82) is 0 Å². The van der Waals surface area contributed by atoms with Crippen molar-refractivity contribution in [3.05, 3.63) is 30.0 Å². The monoisotopic (exact) mass is 176 g/mol. The lowest BCUT2D eigenvalue weighted by Gasteiger charge is -2.00. The molecule has 0 atom stereocenters. The number of fused-ring (bicyclic) bond motifs is 1. The number of rotatable bonds is 2. The second-order valence-electron chi connectivity index (χ2n) is 2.99. The fourth-order valence-electron chi connectivity index (χ4n) is 1.41.